The molecular formula is C19H22BrN3O. The highest BCUT2D eigenvalue weighted by Gasteiger charge is 2.11. The van der Waals surface area contributed by atoms with Gasteiger partial charge in [-0.1, -0.05) is 40.9 Å². The van der Waals surface area contributed by atoms with Crippen molar-refractivity contribution in [3.63, 3.8) is 0 Å². The Bertz CT molecular complexity index is 679. The number of hydrogen-bond donors (Lipinski definition) is 1. The maximum absolute atomic E-state index is 12.1. The van der Waals surface area contributed by atoms with Crippen molar-refractivity contribution >= 4 is 33.3 Å². The molecule has 0 spiro atoms. The first-order valence-corrected chi connectivity index (χ1v) is 9.25. The fraction of sp³-hybridized carbons (Fsp3) is 0.368. The second kappa shape index (κ2) is 8.29. The second-order valence-corrected chi connectivity index (χ2v) is 7.07. The van der Waals surface area contributed by atoms with Gasteiger partial charge in [0.2, 0.25) is 5.91 Å². The number of benzene rings is 1. The minimum Gasteiger partial charge on any atom is -0.370 e. The van der Waals surface area contributed by atoms with Crippen LogP contribution in [0.15, 0.2) is 47.1 Å². The SMILES string of the molecule is O=C(Cc1cccc(Br)c1)Nc1ccc(N2CCCCCC2)cn1. The highest BCUT2D eigenvalue weighted by molar-refractivity contribution is 9.10. The molecule has 1 aromatic carbocycles. The second-order valence-electron chi connectivity index (χ2n) is 6.16. The zero-order valence-electron chi connectivity index (χ0n) is 13.7. The number of rotatable bonds is 4. The van der Waals surface area contributed by atoms with Crippen LogP contribution in [0.3, 0.4) is 0 Å². The molecule has 24 heavy (non-hydrogen) atoms. The molecule has 3 rings (SSSR count). The lowest BCUT2D eigenvalue weighted by molar-refractivity contribution is -0.115. The van der Waals surface area contributed by atoms with E-state index in [9.17, 15) is 4.79 Å². The van der Waals surface area contributed by atoms with Crippen molar-refractivity contribution in [2.45, 2.75) is 32.1 Å². The summed E-state index contributed by atoms with van der Waals surface area (Å²) in [7, 11) is 0. The van der Waals surface area contributed by atoms with Crippen LogP contribution in [-0.2, 0) is 11.2 Å². The number of nitrogens with one attached hydrogen (secondary N) is 1. The van der Waals surface area contributed by atoms with E-state index < -0.39 is 0 Å². The quantitative estimate of drug-likeness (QED) is 0.844. The van der Waals surface area contributed by atoms with Crippen LogP contribution in [0.1, 0.15) is 31.2 Å². The van der Waals surface area contributed by atoms with Gasteiger partial charge in [0, 0.05) is 17.6 Å². The van der Waals surface area contributed by atoms with Gasteiger partial charge >= 0.3 is 0 Å². The number of nitrogens with zero attached hydrogens (tertiary/aromatic N) is 2. The number of anilines is 2. The summed E-state index contributed by atoms with van der Waals surface area (Å²) in [5.74, 6) is 0.552. The largest absolute Gasteiger partial charge is 0.370 e. The van der Waals surface area contributed by atoms with Crippen LogP contribution in [0.2, 0.25) is 0 Å². The maximum Gasteiger partial charge on any atom is 0.229 e. The Hall–Kier alpha value is -1.88. The number of hydrogen-bond acceptors (Lipinski definition) is 3. The smallest absolute Gasteiger partial charge is 0.229 e. The van der Waals surface area contributed by atoms with E-state index in [1.165, 1.54) is 25.7 Å². The van der Waals surface area contributed by atoms with Crippen molar-refractivity contribution in [1.29, 1.82) is 0 Å². The van der Waals surface area contributed by atoms with Crippen LogP contribution in [0.4, 0.5) is 11.5 Å². The first-order chi connectivity index (χ1) is 11.7. The Kier molecular flexibility index (Phi) is 5.86. The first kappa shape index (κ1) is 17.0. The van der Waals surface area contributed by atoms with Crippen molar-refractivity contribution in [2.75, 3.05) is 23.3 Å². The van der Waals surface area contributed by atoms with E-state index in [-0.39, 0.29) is 5.91 Å². The average molecular weight is 388 g/mol. The van der Waals surface area contributed by atoms with Crippen molar-refractivity contribution < 1.29 is 4.79 Å². The summed E-state index contributed by atoms with van der Waals surface area (Å²) >= 11 is 3.42. The summed E-state index contributed by atoms with van der Waals surface area (Å²) in [4.78, 5) is 18.9. The Morgan fingerprint density at radius 2 is 1.92 bits per heavy atom. The molecule has 4 nitrogen and oxygen atoms in total. The van der Waals surface area contributed by atoms with E-state index in [1.807, 2.05) is 42.6 Å². The highest BCUT2D eigenvalue weighted by atomic mass is 79.9. The molecule has 0 unspecified atom stereocenters. The van der Waals surface area contributed by atoms with E-state index in [0.29, 0.717) is 12.2 Å². The van der Waals surface area contributed by atoms with Crippen LogP contribution in [0, 0.1) is 0 Å². The van der Waals surface area contributed by atoms with Crippen LogP contribution in [0.5, 0.6) is 0 Å². The lowest BCUT2D eigenvalue weighted by atomic mass is 10.1. The molecule has 0 saturated carbocycles. The zero-order chi connectivity index (χ0) is 16.8. The lowest BCUT2D eigenvalue weighted by Crippen LogP contribution is -2.24. The van der Waals surface area contributed by atoms with E-state index in [2.05, 4.69) is 31.1 Å². The summed E-state index contributed by atoms with van der Waals surface area (Å²) in [5, 5.41) is 2.87. The molecule has 5 heteroatoms. The molecule has 0 atom stereocenters. The molecule has 2 aromatic rings. The van der Waals surface area contributed by atoms with Gasteiger partial charge < -0.3 is 10.2 Å². The molecular weight excluding hydrogens is 366 g/mol. The summed E-state index contributed by atoms with van der Waals surface area (Å²) in [6.45, 7) is 2.19. The van der Waals surface area contributed by atoms with Crippen LogP contribution >= 0.6 is 15.9 Å². The molecule has 1 N–H and O–H groups in total. The minimum absolute atomic E-state index is 0.0527. The Balaban J connectivity index is 1.58. The van der Waals surface area contributed by atoms with Crippen molar-refractivity contribution in [2.24, 2.45) is 0 Å². The third-order valence-electron chi connectivity index (χ3n) is 4.24. The molecule has 126 valence electrons. The molecule has 1 aliphatic heterocycles. The highest BCUT2D eigenvalue weighted by Crippen LogP contribution is 2.20. The van der Waals surface area contributed by atoms with Crippen molar-refractivity contribution in [1.82, 2.24) is 4.98 Å². The standard InChI is InChI=1S/C19H22BrN3O/c20-16-7-5-6-15(12-16)13-19(24)22-18-9-8-17(14-21-18)23-10-3-1-2-4-11-23/h5-9,12,14H,1-4,10-11,13H2,(H,21,22,24). The summed E-state index contributed by atoms with van der Waals surface area (Å²) in [6.07, 6.45) is 7.31. The van der Waals surface area contributed by atoms with Gasteiger partial charge in [-0.2, -0.15) is 0 Å². The molecule has 0 aliphatic carbocycles. The molecule has 1 aliphatic rings. The van der Waals surface area contributed by atoms with Gasteiger partial charge in [-0.3, -0.25) is 4.79 Å². The van der Waals surface area contributed by atoms with E-state index >= 15 is 0 Å². The summed E-state index contributed by atoms with van der Waals surface area (Å²) in [6, 6.07) is 11.7. The number of pyridine rings is 1. The van der Waals surface area contributed by atoms with Crippen LogP contribution < -0.4 is 10.2 Å². The molecule has 1 fully saturated rings. The predicted molar refractivity (Wildman–Crippen MR) is 101 cm³/mol. The fourth-order valence-electron chi connectivity index (χ4n) is 3.00. The topological polar surface area (TPSA) is 45.2 Å². The van der Waals surface area contributed by atoms with Gasteiger partial charge in [-0.05, 0) is 42.7 Å². The van der Waals surface area contributed by atoms with Crippen LogP contribution in [0.25, 0.3) is 0 Å². The van der Waals surface area contributed by atoms with Gasteiger partial charge in [0.25, 0.3) is 0 Å². The van der Waals surface area contributed by atoms with Gasteiger partial charge in [0.15, 0.2) is 0 Å². The van der Waals surface area contributed by atoms with E-state index in [1.54, 1.807) is 0 Å². The van der Waals surface area contributed by atoms with Crippen molar-refractivity contribution in [3.05, 3.63) is 52.6 Å². The molecule has 1 amide bonds. The molecule has 2 heterocycles. The molecule has 1 saturated heterocycles. The Labute approximate surface area is 151 Å². The number of carbonyl (C=O) groups excluding carboxylic acids is 1. The Morgan fingerprint density at radius 1 is 1.12 bits per heavy atom. The normalized spacial score (nSPS) is 15.0. The van der Waals surface area contributed by atoms with Gasteiger partial charge in [0.05, 0.1) is 18.3 Å². The molecule has 1 aromatic heterocycles. The number of aromatic nitrogens is 1. The first-order valence-electron chi connectivity index (χ1n) is 8.46. The Morgan fingerprint density at radius 3 is 2.58 bits per heavy atom. The third-order valence-corrected chi connectivity index (χ3v) is 4.73. The maximum atomic E-state index is 12.1. The fourth-order valence-corrected chi connectivity index (χ4v) is 3.44. The minimum atomic E-state index is -0.0527. The van der Waals surface area contributed by atoms with Gasteiger partial charge in [-0.25, -0.2) is 4.98 Å². The summed E-state index contributed by atoms with van der Waals surface area (Å²) < 4.78 is 0.979. The van der Waals surface area contributed by atoms with Gasteiger partial charge in [-0.15, -0.1) is 0 Å². The van der Waals surface area contributed by atoms with Crippen LogP contribution in [-0.4, -0.2) is 24.0 Å². The lowest BCUT2D eigenvalue weighted by Gasteiger charge is -2.22. The van der Waals surface area contributed by atoms with E-state index in [0.717, 1.165) is 28.8 Å². The van der Waals surface area contributed by atoms with Crippen molar-refractivity contribution in [3.8, 4) is 0 Å². The van der Waals surface area contributed by atoms with Gasteiger partial charge in [0.1, 0.15) is 5.82 Å². The number of halogens is 1. The van der Waals surface area contributed by atoms with E-state index in [4.69, 9.17) is 0 Å². The summed E-state index contributed by atoms with van der Waals surface area (Å²) in [5.41, 5.74) is 2.12. The third kappa shape index (κ3) is 4.81. The molecule has 0 bridgehead atoms. The zero-order valence-corrected chi connectivity index (χ0v) is 15.3. The predicted octanol–water partition coefficient (Wildman–Crippen LogP) is 4.41. The number of amides is 1. The average Bonchev–Trinajstić information content (AvgIpc) is 2.85. The number of carbonyl (C=O) groups is 1. The molecule has 0 radical (unpaired) electrons. The monoisotopic (exact) mass is 387 g/mol.